The van der Waals surface area contributed by atoms with Gasteiger partial charge in [0.1, 0.15) is 11.5 Å². The van der Waals surface area contributed by atoms with Crippen LogP contribution in [0.5, 0.6) is 17.2 Å². The van der Waals surface area contributed by atoms with Crippen LogP contribution in [0.25, 0.3) is 0 Å². The molecule has 0 aliphatic rings. The van der Waals surface area contributed by atoms with Crippen LogP contribution in [-0.2, 0) is 16.5 Å². The predicted molar refractivity (Wildman–Crippen MR) is 127 cm³/mol. The van der Waals surface area contributed by atoms with Gasteiger partial charge in [0, 0.05) is 0 Å². The van der Waals surface area contributed by atoms with E-state index < -0.39 is 15.9 Å². The Morgan fingerprint density at radius 3 is 1.85 bits per heavy atom. The zero-order chi connectivity index (χ0) is 23.2. The summed E-state index contributed by atoms with van der Waals surface area (Å²) in [5.74, 6) is -0.00187. The average molecular weight is 485 g/mol. The standard InChI is InChI=1S/C26H38O5S.Na/c1-2-3-4-5-6-7-8-9-10-11-12-14-17-22-20-25(31-23-18-15-13-16-19-23)24(27)21-26(22)32(28,29)30;/h13,15-16,18-21,27H,2-12,14,17H2,1H3,(H,28,29,30);/q;+1/p-1. The summed E-state index contributed by atoms with van der Waals surface area (Å²) in [7, 11) is -4.47. The number of hydrogen-bond donors (Lipinski definition) is 1. The molecule has 0 bridgehead atoms. The molecular formula is C26H37NaO5S. The summed E-state index contributed by atoms with van der Waals surface area (Å²) in [4.78, 5) is -0.314. The van der Waals surface area contributed by atoms with Crippen molar-refractivity contribution in [3.8, 4) is 17.2 Å². The van der Waals surface area contributed by atoms with E-state index in [-0.39, 0.29) is 40.2 Å². The fraction of sp³-hybridized carbons (Fsp3) is 0.538. The summed E-state index contributed by atoms with van der Waals surface area (Å²) in [5.41, 5.74) is 0.421. The van der Waals surface area contributed by atoms with Crippen molar-refractivity contribution in [2.24, 2.45) is 0 Å². The van der Waals surface area contributed by atoms with Crippen molar-refractivity contribution in [2.45, 2.75) is 95.3 Å². The van der Waals surface area contributed by atoms with Gasteiger partial charge < -0.3 is 9.84 Å². The second-order valence-electron chi connectivity index (χ2n) is 8.44. The van der Waals surface area contributed by atoms with Crippen molar-refractivity contribution in [1.82, 2.24) is 0 Å². The Bertz CT molecular complexity index is 900. The second kappa shape index (κ2) is 16.6. The topological polar surface area (TPSA) is 86.7 Å². The summed E-state index contributed by atoms with van der Waals surface area (Å²) in [6, 6.07) is 11.3. The van der Waals surface area contributed by atoms with Crippen molar-refractivity contribution < 1.29 is 52.4 Å². The Hall–Kier alpha value is -1.05. The molecular weight excluding hydrogens is 447 g/mol. The van der Waals surface area contributed by atoms with Crippen LogP contribution in [0.4, 0.5) is 0 Å². The molecule has 0 radical (unpaired) electrons. The number of para-hydroxylation sites is 1. The smallest absolute Gasteiger partial charge is 0.870 e. The van der Waals surface area contributed by atoms with Crippen LogP contribution in [0.15, 0.2) is 47.4 Å². The SMILES string of the molecule is CCCCCCCCCCCCCCc1cc(Oc2ccccc2)c([O-])cc1S(=O)(=O)O.[Na+]. The van der Waals surface area contributed by atoms with Crippen molar-refractivity contribution in [3.63, 3.8) is 0 Å². The van der Waals surface area contributed by atoms with Crippen LogP contribution in [0.2, 0.25) is 0 Å². The van der Waals surface area contributed by atoms with E-state index in [0.29, 0.717) is 17.7 Å². The first-order chi connectivity index (χ1) is 15.4. The molecule has 0 aliphatic heterocycles. The summed E-state index contributed by atoms with van der Waals surface area (Å²) in [6.07, 6.45) is 15.0. The first-order valence-corrected chi connectivity index (χ1v) is 13.4. The molecule has 1 N–H and O–H groups in total. The van der Waals surface area contributed by atoms with Gasteiger partial charge in [-0.15, -0.1) is 0 Å². The third-order valence-corrected chi connectivity index (χ3v) is 6.61. The zero-order valence-electron chi connectivity index (χ0n) is 20.2. The van der Waals surface area contributed by atoms with Gasteiger partial charge in [-0.25, -0.2) is 0 Å². The van der Waals surface area contributed by atoms with Crippen LogP contribution >= 0.6 is 0 Å². The van der Waals surface area contributed by atoms with Crippen LogP contribution in [0, 0.1) is 0 Å². The van der Waals surface area contributed by atoms with E-state index in [1.807, 2.05) is 6.07 Å². The molecule has 2 aromatic carbocycles. The van der Waals surface area contributed by atoms with Gasteiger partial charge in [-0.3, -0.25) is 4.55 Å². The summed E-state index contributed by atoms with van der Waals surface area (Å²) < 4.78 is 38.7. The zero-order valence-corrected chi connectivity index (χ0v) is 23.0. The largest absolute Gasteiger partial charge is 1.00 e. The number of ether oxygens (including phenoxy) is 1. The van der Waals surface area contributed by atoms with Crippen molar-refractivity contribution in [2.75, 3.05) is 0 Å². The first kappa shape index (κ1) is 30.0. The number of hydrogen-bond acceptors (Lipinski definition) is 4. The number of unbranched alkanes of at least 4 members (excludes halogenated alkanes) is 11. The van der Waals surface area contributed by atoms with Gasteiger partial charge in [0.2, 0.25) is 0 Å². The minimum Gasteiger partial charge on any atom is -0.870 e. The van der Waals surface area contributed by atoms with Gasteiger partial charge in [-0.2, -0.15) is 8.42 Å². The van der Waals surface area contributed by atoms with Crippen LogP contribution in [0.1, 0.15) is 89.5 Å². The van der Waals surface area contributed by atoms with E-state index in [4.69, 9.17) is 4.74 Å². The van der Waals surface area contributed by atoms with Gasteiger partial charge >= 0.3 is 29.6 Å². The van der Waals surface area contributed by atoms with E-state index in [2.05, 4.69) is 6.92 Å². The Labute approximate surface area is 222 Å². The normalized spacial score (nSPS) is 11.2. The fourth-order valence-electron chi connectivity index (χ4n) is 3.87. The fourth-order valence-corrected chi connectivity index (χ4v) is 4.62. The molecule has 0 heterocycles. The van der Waals surface area contributed by atoms with Gasteiger partial charge in [0.05, 0.1) is 4.90 Å². The quantitative estimate of drug-likeness (QED) is 0.221. The van der Waals surface area contributed by atoms with Gasteiger partial charge in [0.25, 0.3) is 10.1 Å². The third kappa shape index (κ3) is 11.8. The van der Waals surface area contributed by atoms with Crippen molar-refractivity contribution >= 4 is 10.1 Å². The molecule has 0 fully saturated rings. The van der Waals surface area contributed by atoms with Gasteiger partial charge in [0.15, 0.2) is 0 Å². The summed E-state index contributed by atoms with van der Waals surface area (Å²) >= 11 is 0. The molecule has 0 unspecified atom stereocenters. The molecule has 0 saturated carbocycles. The Morgan fingerprint density at radius 2 is 1.33 bits per heavy atom. The summed E-state index contributed by atoms with van der Waals surface area (Å²) in [6.45, 7) is 2.24. The molecule has 178 valence electrons. The maximum absolute atomic E-state index is 12.3. The predicted octanol–water partition coefficient (Wildman–Crippen LogP) is 4.05. The molecule has 33 heavy (non-hydrogen) atoms. The molecule has 0 spiro atoms. The maximum Gasteiger partial charge on any atom is 1.00 e. The second-order valence-corrected chi connectivity index (χ2v) is 9.83. The third-order valence-electron chi connectivity index (χ3n) is 5.68. The van der Waals surface area contributed by atoms with Gasteiger partial charge in [-0.1, -0.05) is 102 Å². The minimum absolute atomic E-state index is 0. The molecule has 2 aromatic rings. The van der Waals surface area contributed by atoms with Gasteiger partial charge in [-0.05, 0) is 42.7 Å². The Kier molecular flexibility index (Phi) is 15.0. The van der Waals surface area contributed by atoms with E-state index in [1.165, 1.54) is 63.9 Å². The monoisotopic (exact) mass is 484 g/mol. The van der Waals surface area contributed by atoms with E-state index in [1.54, 1.807) is 24.3 Å². The van der Waals surface area contributed by atoms with E-state index in [0.717, 1.165) is 25.3 Å². The van der Waals surface area contributed by atoms with Crippen LogP contribution in [-0.4, -0.2) is 13.0 Å². The minimum atomic E-state index is -4.47. The van der Waals surface area contributed by atoms with Crippen LogP contribution in [0.3, 0.4) is 0 Å². The molecule has 7 heteroatoms. The van der Waals surface area contributed by atoms with E-state index in [9.17, 15) is 18.1 Å². The van der Waals surface area contributed by atoms with E-state index >= 15 is 0 Å². The Balaban J connectivity index is 0.00000544. The molecule has 0 atom stereocenters. The Morgan fingerprint density at radius 1 is 0.818 bits per heavy atom. The number of aryl methyl sites for hydroxylation is 1. The first-order valence-electron chi connectivity index (χ1n) is 12.0. The summed E-state index contributed by atoms with van der Waals surface area (Å²) in [5, 5.41) is 12.3. The molecule has 5 nitrogen and oxygen atoms in total. The number of rotatable bonds is 16. The average Bonchev–Trinajstić information content (AvgIpc) is 2.76. The number of benzene rings is 2. The van der Waals surface area contributed by atoms with Crippen LogP contribution < -0.4 is 39.4 Å². The molecule has 2 rings (SSSR count). The maximum atomic E-state index is 12.3. The molecule has 0 aromatic heterocycles. The molecule has 0 amide bonds. The van der Waals surface area contributed by atoms with Crippen molar-refractivity contribution in [3.05, 3.63) is 48.0 Å². The molecule has 0 saturated heterocycles. The molecule has 0 aliphatic carbocycles. The van der Waals surface area contributed by atoms with Crippen molar-refractivity contribution in [1.29, 1.82) is 0 Å².